The van der Waals surface area contributed by atoms with Gasteiger partial charge in [-0.15, -0.1) is 11.6 Å². The summed E-state index contributed by atoms with van der Waals surface area (Å²) in [6, 6.07) is 2.67. The molecule has 1 aromatic carbocycles. The zero-order chi connectivity index (χ0) is 14.6. The normalized spacial score (nSPS) is 18.9. The second-order valence-electron chi connectivity index (χ2n) is 6.26. The summed E-state index contributed by atoms with van der Waals surface area (Å²) in [5, 5.41) is 0. The maximum Gasteiger partial charge on any atom is 0.153 e. The average molecular weight is 311 g/mol. The van der Waals surface area contributed by atoms with Gasteiger partial charge in [-0.1, -0.05) is 0 Å². The number of rotatable bonds is 5. The van der Waals surface area contributed by atoms with E-state index in [2.05, 4.69) is 9.55 Å². The summed E-state index contributed by atoms with van der Waals surface area (Å²) >= 11 is 5.88. The first-order chi connectivity index (χ1) is 10.2. The number of benzene rings is 1. The van der Waals surface area contributed by atoms with Crippen LogP contribution in [0.3, 0.4) is 0 Å². The molecule has 1 aromatic heterocycles. The van der Waals surface area contributed by atoms with Crippen molar-refractivity contribution in [2.75, 3.05) is 5.88 Å². The van der Waals surface area contributed by atoms with Crippen molar-refractivity contribution >= 4 is 22.6 Å². The van der Waals surface area contributed by atoms with Crippen LogP contribution in [0, 0.1) is 23.5 Å². The van der Waals surface area contributed by atoms with Gasteiger partial charge in [-0.05, 0) is 43.6 Å². The van der Waals surface area contributed by atoms with Gasteiger partial charge in [-0.2, -0.15) is 0 Å². The Bertz CT molecular complexity index is 677. The first-order valence-corrected chi connectivity index (χ1v) is 8.14. The highest BCUT2D eigenvalue weighted by atomic mass is 35.5. The molecule has 21 heavy (non-hydrogen) atoms. The fourth-order valence-electron chi connectivity index (χ4n) is 3.44. The fraction of sp³-hybridized carbons (Fsp3) is 0.562. The Kier molecular flexibility index (Phi) is 3.18. The third-order valence-electron chi connectivity index (χ3n) is 4.61. The van der Waals surface area contributed by atoms with Crippen molar-refractivity contribution in [1.29, 1.82) is 0 Å². The highest BCUT2D eigenvalue weighted by Gasteiger charge is 2.44. The number of halogens is 3. The molecule has 2 aliphatic carbocycles. The number of fused-ring (bicyclic) bond motifs is 1. The first kappa shape index (κ1) is 13.5. The zero-order valence-electron chi connectivity index (χ0n) is 11.7. The Labute approximate surface area is 127 Å². The van der Waals surface area contributed by atoms with Crippen molar-refractivity contribution < 1.29 is 8.78 Å². The summed E-state index contributed by atoms with van der Waals surface area (Å²) in [5.74, 6) is 1.39. The summed E-state index contributed by atoms with van der Waals surface area (Å²) in [5.41, 5.74) is 0.874. The second kappa shape index (κ2) is 4.94. The number of nitrogens with zero attached hydrogens (tertiary/aromatic N) is 2. The molecule has 0 N–H and O–H groups in total. The van der Waals surface area contributed by atoms with Crippen molar-refractivity contribution in [3.05, 3.63) is 29.6 Å². The molecule has 4 rings (SSSR count). The number of aromatic nitrogens is 2. The van der Waals surface area contributed by atoms with Gasteiger partial charge in [0.1, 0.15) is 17.2 Å². The van der Waals surface area contributed by atoms with E-state index in [1.165, 1.54) is 31.7 Å². The van der Waals surface area contributed by atoms with E-state index in [1.54, 1.807) is 0 Å². The van der Waals surface area contributed by atoms with Gasteiger partial charge in [0, 0.05) is 24.4 Å². The lowest BCUT2D eigenvalue weighted by atomic mass is 10.1. The van der Waals surface area contributed by atoms with Crippen molar-refractivity contribution in [2.45, 2.75) is 38.1 Å². The van der Waals surface area contributed by atoms with Crippen molar-refractivity contribution in [1.82, 2.24) is 9.55 Å². The van der Waals surface area contributed by atoms with Crippen LogP contribution in [0.15, 0.2) is 12.1 Å². The molecule has 2 saturated carbocycles. The van der Waals surface area contributed by atoms with Crippen LogP contribution in [-0.2, 0) is 6.42 Å². The van der Waals surface area contributed by atoms with E-state index in [0.29, 0.717) is 35.7 Å². The van der Waals surface area contributed by atoms with Gasteiger partial charge in [-0.25, -0.2) is 13.8 Å². The van der Waals surface area contributed by atoms with E-state index >= 15 is 0 Å². The molecule has 1 heterocycles. The third kappa shape index (κ3) is 2.33. The van der Waals surface area contributed by atoms with Crippen LogP contribution >= 0.6 is 11.6 Å². The number of aryl methyl sites for hydroxylation is 1. The smallest absolute Gasteiger partial charge is 0.153 e. The standard InChI is InChI=1S/C16H17ClF2N2/c17-6-5-14-20-15-12(19)7-11(18)8-13(15)21(14)16(9-1-2-9)10-3-4-10/h7-10,16H,1-6H2. The number of alkyl halides is 1. The number of hydrogen-bond donors (Lipinski definition) is 0. The molecular formula is C16H17ClF2N2. The van der Waals surface area contributed by atoms with E-state index in [-0.39, 0.29) is 5.52 Å². The van der Waals surface area contributed by atoms with E-state index in [9.17, 15) is 8.78 Å². The quantitative estimate of drug-likeness (QED) is 0.746. The minimum atomic E-state index is -0.579. The lowest BCUT2D eigenvalue weighted by molar-refractivity contribution is 0.393. The molecule has 0 amide bonds. The molecule has 0 spiro atoms. The summed E-state index contributed by atoms with van der Waals surface area (Å²) < 4.78 is 29.8. The van der Waals surface area contributed by atoms with Gasteiger partial charge in [0.25, 0.3) is 0 Å². The molecule has 0 saturated heterocycles. The van der Waals surface area contributed by atoms with E-state index in [0.717, 1.165) is 11.9 Å². The minimum absolute atomic E-state index is 0.280. The summed E-state index contributed by atoms with van der Waals surface area (Å²) in [6.45, 7) is 0. The zero-order valence-corrected chi connectivity index (χ0v) is 12.4. The number of imidazole rings is 1. The van der Waals surface area contributed by atoms with Crippen LogP contribution in [0.1, 0.15) is 37.5 Å². The SMILES string of the molecule is Fc1cc(F)c2nc(CCCl)n(C(C3CC3)C3CC3)c2c1. The molecule has 0 unspecified atom stereocenters. The van der Waals surface area contributed by atoms with Crippen molar-refractivity contribution in [2.24, 2.45) is 11.8 Å². The van der Waals surface area contributed by atoms with Crippen LogP contribution in [0.25, 0.3) is 11.0 Å². The Balaban J connectivity index is 1.92. The first-order valence-electron chi connectivity index (χ1n) is 7.61. The molecule has 0 aliphatic heterocycles. The van der Waals surface area contributed by atoms with E-state index in [4.69, 9.17) is 11.6 Å². The molecule has 5 heteroatoms. The predicted molar refractivity (Wildman–Crippen MR) is 78.6 cm³/mol. The monoisotopic (exact) mass is 310 g/mol. The third-order valence-corrected chi connectivity index (χ3v) is 4.80. The summed E-state index contributed by atoms with van der Waals surface area (Å²) in [6.07, 6.45) is 5.42. The molecule has 112 valence electrons. The second-order valence-corrected chi connectivity index (χ2v) is 6.64. The Hall–Kier alpha value is -1.16. The molecule has 0 atom stereocenters. The van der Waals surface area contributed by atoms with E-state index < -0.39 is 11.6 Å². The van der Waals surface area contributed by atoms with Crippen LogP contribution in [0.4, 0.5) is 8.78 Å². The van der Waals surface area contributed by atoms with E-state index in [1.807, 2.05) is 0 Å². The predicted octanol–water partition coefficient (Wildman–Crippen LogP) is 4.46. The molecule has 2 aromatic rings. The highest BCUT2D eigenvalue weighted by molar-refractivity contribution is 6.17. The minimum Gasteiger partial charge on any atom is -0.324 e. The molecule has 2 fully saturated rings. The molecule has 0 radical (unpaired) electrons. The average Bonchev–Trinajstić information content (AvgIpc) is 3.32. The van der Waals surface area contributed by atoms with Crippen molar-refractivity contribution in [3.8, 4) is 0 Å². The number of hydrogen-bond acceptors (Lipinski definition) is 1. The van der Waals surface area contributed by atoms with Gasteiger partial charge in [0.2, 0.25) is 0 Å². The summed E-state index contributed by atoms with van der Waals surface area (Å²) in [4.78, 5) is 4.42. The van der Waals surface area contributed by atoms with Gasteiger partial charge >= 0.3 is 0 Å². The largest absolute Gasteiger partial charge is 0.324 e. The Morgan fingerprint density at radius 2 is 1.86 bits per heavy atom. The van der Waals surface area contributed by atoms with Gasteiger partial charge < -0.3 is 4.57 Å². The molecule has 2 aliphatic rings. The lowest BCUT2D eigenvalue weighted by Gasteiger charge is -2.21. The van der Waals surface area contributed by atoms with Crippen LogP contribution in [0.5, 0.6) is 0 Å². The van der Waals surface area contributed by atoms with Gasteiger partial charge in [0.15, 0.2) is 5.82 Å². The van der Waals surface area contributed by atoms with Crippen molar-refractivity contribution in [3.63, 3.8) is 0 Å². The van der Waals surface area contributed by atoms with Crippen LogP contribution < -0.4 is 0 Å². The van der Waals surface area contributed by atoms with Gasteiger partial charge in [-0.3, -0.25) is 0 Å². The lowest BCUT2D eigenvalue weighted by Crippen LogP contribution is -2.17. The molecule has 0 bridgehead atoms. The molecular weight excluding hydrogens is 294 g/mol. The highest BCUT2D eigenvalue weighted by Crippen LogP contribution is 2.53. The van der Waals surface area contributed by atoms with Crippen LogP contribution in [-0.4, -0.2) is 15.4 Å². The summed E-state index contributed by atoms with van der Waals surface area (Å²) in [7, 11) is 0. The maximum absolute atomic E-state index is 14.0. The fourth-order valence-corrected chi connectivity index (χ4v) is 3.61. The van der Waals surface area contributed by atoms with Gasteiger partial charge in [0.05, 0.1) is 5.52 Å². The Morgan fingerprint density at radius 3 is 2.43 bits per heavy atom. The van der Waals surface area contributed by atoms with Crippen LogP contribution in [0.2, 0.25) is 0 Å². The topological polar surface area (TPSA) is 17.8 Å². The molecule has 2 nitrogen and oxygen atoms in total. The maximum atomic E-state index is 14.0. The Morgan fingerprint density at radius 1 is 1.19 bits per heavy atom.